The summed E-state index contributed by atoms with van der Waals surface area (Å²) in [6.45, 7) is 2.22. The fourth-order valence-corrected chi connectivity index (χ4v) is 4.78. The molecule has 4 unspecified atom stereocenters. The number of Topliss-reactive ketones (excluding diaryl/α,β-unsaturated/α-hetero) is 1. The zero-order valence-corrected chi connectivity index (χ0v) is 13.7. The smallest absolute Gasteiger partial charge is 0.160 e. The maximum Gasteiger partial charge on any atom is 0.160 e. The summed E-state index contributed by atoms with van der Waals surface area (Å²) >= 11 is 0. The molecule has 0 amide bonds. The van der Waals surface area contributed by atoms with Crippen molar-refractivity contribution < 1.29 is 4.79 Å². The van der Waals surface area contributed by atoms with Gasteiger partial charge in [0.2, 0.25) is 0 Å². The highest BCUT2D eigenvalue weighted by Crippen LogP contribution is 2.40. The summed E-state index contributed by atoms with van der Waals surface area (Å²) in [6.07, 6.45) is 7.15. The summed E-state index contributed by atoms with van der Waals surface area (Å²) in [6, 6.07) is 10.6. The molecule has 1 aliphatic carbocycles. The van der Waals surface area contributed by atoms with Gasteiger partial charge in [0.1, 0.15) is 6.04 Å². The van der Waals surface area contributed by atoms with Crippen molar-refractivity contribution >= 4 is 12.0 Å². The molecule has 3 heteroatoms. The molecule has 0 bridgehead atoms. The molecule has 0 radical (unpaired) electrons. The number of aliphatic imine (C=N–C) groups is 1. The van der Waals surface area contributed by atoms with Crippen LogP contribution in [-0.4, -0.2) is 31.1 Å². The fraction of sp³-hybridized carbons (Fsp3) is 0.600. The van der Waals surface area contributed by atoms with Crippen LogP contribution in [0.2, 0.25) is 0 Å². The molecule has 0 spiro atoms. The average molecular weight is 310 g/mol. The molecule has 1 aromatic carbocycles. The number of ketones is 1. The summed E-state index contributed by atoms with van der Waals surface area (Å²) in [5.41, 5.74) is 1.38. The maximum atomic E-state index is 12.9. The van der Waals surface area contributed by atoms with Gasteiger partial charge < -0.3 is 5.32 Å². The van der Waals surface area contributed by atoms with E-state index in [9.17, 15) is 4.79 Å². The van der Waals surface area contributed by atoms with Gasteiger partial charge in [0, 0.05) is 12.1 Å². The highest BCUT2D eigenvalue weighted by Gasteiger charge is 2.41. The van der Waals surface area contributed by atoms with Crippen molar-refractivity contribution in [2.24, 2.45) is 22.7 Å². The Labute approximate surface area is 138 Å². The Morgan fingerprint density at radius 3 is 2.52 bits per heavy atom. The second-order valence-electron chi connectivity index (χ2n) is 7.52. The van der Waals surface area contributed by atoms with Crippen LogP contribution in [0.5, 0.6) is 0 Å². The zero-order chi connectivity index (χ0) is 15.6. The third-order valence-corrected chi connectivity index (χ3v) is 6.12. The zero-order valence-electron chi connectivity index (χ0n) is 13.7. The Balaban J connectivity index is 1.38. The summed E-state index contributed by atoms with van der Waals surface area (Å²) in [5, 5.41) is 3.46. The van der Waals surface area contributed by atoms with Crippen molar-refractivity contribution in [2.45, 2.75) is 44.1 Å². The molecule has 2 aliphatic heterocycles. The van der Waals surface area contributed by atoms with Crippen LogP contribution < -0.4 is 5.32 Å². The molecule has 2 fully saturated rings. The van der Waals surface area contributed by atoms with Gasteiger partial charge in [-0.1, -0.05) is 30.3 Å². The third kappa shape index (κ3) is 3.12. The molecule has 122 valence electrons. The highest BCUT2D eigenvalue weighted by molar-refractivity contribution is 5.88. The molecule has 4 atom stereocenters. The second kappa shape index (κ2) is 6.56. The predicted octanol–water partition coefficient (Wildman–Crippen LogP) is 3.21. The van der Waals surface area contributed by atoms with E-state index in [0.29, 0.717) is 11.7 Å². The lowest BCUT2D eigenvalue weighted by atomic mass is 9.88. The molecule has 1 aromatic rings. The molecule has 3 aliphatic rings. The second-order valence-corrected chi connectivity index (χ2v) is 7.52. The summed E-state index contributed by atoms with van der Waals surface area (Å²) in [5.74, 6) is 2.67. The largest absolute Gasteiger partial charge is 0.316 e. The molecule has 1 saturated heterocycles. The van der Waals surface area contributed by atoms with Crippen LogP contribution in [0.1, 0.15) is 43.6 Å². The predicted molar refractivity (Wildman–Crippen MR) is 92.9 cm³/mol. The van der Waals surface area contributed by atoms with Crippen molar-refractivity contribution in [1.29, 1.82) is 0 Å². The molecule has 23 heavy (non-hydrogen) atoms. The number of carbonyl (C=O) groups excluding carboxylic acids is 1. The van der Waals surface area contributed by atoms with E-state index < -0.39 is 0 Å². The first-order chi connectivity index (χ1) is 11.3. The molecule has 4 rings (SSSR count). The van der Waals surface area contributed by atoms with Crippen molar-refractivity contribution in [2.75, 3.05) is 13.1 Å². The van der Waals surface area contributed by atoms with Gasteiger partial charge in [-0.2, -0.15) is 0 Å². The lowest BCUT2D eigenvalue weighted by Gasteiger charge is -2.17. The number of hydrogen-bond acceptors (Lipinski definition) is 3. The van der Waals surface area contributed by atoms with Crippen molar-refractivity contribution in [1.82, 2.24) is 5.32 Å². The first kappa shape index (κ1) is 15.1. The van der Waals surface area contributed by atoms with Gasteiger partial charge >= 0.3 is 0 Å². The van der Waals surface area contributed by atoms with Crippen LogP contribution in [0.3, 0.4) is 0 Å². The Morgan fingerprint density at radius 1 is 1.04 bits per heavy atom. The number of carbonyl (C=O) groups is 1. The number of nitrogens with zero attached hydrogens (tertiary/aromatic N) is 1. The quantitative estimate of drug-likeness (QED) is 0.931. The first-order valence-corrected chi connectivity index (χ1v) is 9.12. The normalized spacial score (nSPS) is 36.6. The Kier molecular flexibility index (Phi) is 4.30. The van der Waals surface area contributed by atoms with E-state index in [0.717, 1.165) is 57.0 Å². The van der Waals surface area contributed by atoms with Crippen LogP contribution in [0.4, 0.5) is 0 Å². The van der Waals surface area contributed by atoms with Crippen LogP contribution in [-0.2, 0) is 4.79 Å². The van der Waals surface area contributed by atoms with E-state index in [2.05, 4.69) is 40.6 Å². The monoisotopic (exact) mass is 310 g/mol. The van der Waals surface area contributed by atoms with Gasteiger partial charge in [-0.15, -0.1) is 0 Å². The lowest BCUT2D eigenvalue weighted by Crippen LogP contribution is -2.27. The standard InChI is InChI=1S/C20H26N2O/c23-20(16-10-17-12-21-13-18(17)11-16)19-7-6-15(8-9-22-19)14-4-2-1-3-5-14/h1-5,9,15-19,21H,6-8,10-13H2. The molecular formula is C20H26N2O. The van der Waals surface area contributed by atoms with Gasteiger partial charge in [-0.05, 0) is 68.5 Å². The lowest BCUT2D eigenvalue weighted by molar-refractivity contribution is -0.124. The van der Waals surface area contributed by atoms with Gasteiger partial charge in [0.05, 0.1) is 0 Å². The van der Waals surface area contributed by atoms with Crippen LogP contribution in [0.15, 0.2) is 35.3 Å². The van der Waals surface area contributed by atoms with Crippen molar-refractivity contribution in [3.8, 4) is 0 Å². The van der Waals surface area contributed by atoms with Crippen LogP contribution in [0, 0.1) is 17.8 Å². The Hall–Kier alpha value is -1.48. The number of fused-ring (bicyclic) bond motifs is 1. The van der Waals surface area contributed by atoms with Crippen molar-refractivity contribution in [3.63, 3.8) is 0 Å². The minimum Gasteiger partial charge on any atom is -0.316 e. The third-order valence-electron chi connectivity index (χ3n) is 6.12. The van der Waals surface area contributed by atoms with E-state index in [-0.39, 0.29) is 12.0 Å². The molecule has 1 N–H and O–H groups in total. The number of rotatable bonds is 3. The maximum absolute atomic E-state index is 12.9. The van der Waals surface area contributed by atoms with E-state index >= 15 is 0 Å². The van der Waals surface area contributed by atoms with Gasteiger partial charge in [0.15, 0.2) is 5.78 Å². The van der Waals surface area contributed by atoms with E-state index in [1.807, 2.05) is 6.21 Å². The molecule has 1 saturated carbocycles. The molecule has 2 heterocycles. The minimum absolute atomic E-state index is 0.0829. The Bertz CT molecular complexity index is 571. The molecule has 3 nitrogen and oxygen atoms in total. The Morgan fingerprint density at radius 2 is 1.78 bits per heavy atom. The van der Waals surface area contributed by atoms with Gasteiger partial charge in [0.25, 0.3) is 0 Å². The molecule has 0 aromatic heterocycles. The first-order valence-electron chi connectivity index (χ1n) is 9.12. The topological polar surface area (TPSA) is 41.5 Å². The number of hydrogen-bond donors (Lipinski definition) is 1. The average Bonchev–Trinajstić information content (AvgIpc) is 3.09. The van der Waals surface area contributed by atoms with E-state index in [1.165, 1.54) is 5.56 Å². The summed E-state index contributed by atoms with van der Waals surface area (Å²) in [7, 11) is 0. The fourth-order valence-electron chi connectivity index (χ4n) is 4.78. The SMILES string of the molecule is O=C(C1CC2CNCC2C1)C1CCC(c2ccccc2)CC=N1. The van der Waals surface area contributed by atoms with Gasteiger partial charge in [-0.25, -0.2) is 0 Å². The van der Waals surface area contributed by atoms with E-state index in [1.54, 1.807) is 0 Å². The minimum atomic E-state index is -0.0829. The van der Waals surface area contributed by atoms with Crippen LogP contribution in [0.25, 0.3) is 0 Å². The summed E-state index contributed by atoms with van der Waals surface area (Å²) < 4.78 is 0. The number of benzene rings is 1. The van der Waals surface area contributed by atoms with Crippen molar-refractivity contribution in [3.05, 3.63) is 35.9 Å². The van der Waals surface area contributed by atoms with Crippen LogP contribution >= 0.6 is 0 Å². The highest BCUT2D eigenvalue weighted by atomic mass is 16.1. The number of nitrogens with one attached hydrogen (secondary N) is 1. The molecular weight excluding hydrogens is 284 g/mol. The summed E-state index contributed by atoms with van der Waals surface area (Å²) in [4.78, 5) is 17.5. The van der Waals surface area contributed by atoms with E-state index in [4.69, 9.17) is 0 Å². The van der Waals surface area contributed by atoms with Gasteiger partial charge in [-0.3, -0.25) is 9.79 Å².